The molecule has 2 aromatic heterocycles. The summed E-state index contributed by atoms with van der Waals surface area (Å²) >= 11 is 0. The summed E-state index contributed by atoms with van der Waals surface area (Å²) in [5.41, 5.74) is 2.89. The molecule has 0 aliphatic rings. The average Bonchev–Trinajstić information content (AvgIpc) is 2.88. The molecule has 0 atom stereocenters. The van der Waals surface area contributed by atoms with E-state index in [9.17, 15) is 4.79 Å². The summed E-state index contributed by atoms with van der Waals surface area (Å²) in [4.78, 5) is 11.7. The Balaban J connectivity index is 2.00. The molecular formula is C12H12N2O3. The second-order valence-electron chi connectivity index (χ2n) is 3.54. The van der Waals surface area contributed by atoms with Gasteiger partial charge in [0.1, 0.15) is 17.3 Å². The maximum Gasteiger partial charge on any atom is 0.274 e. The molecule has 17 heavy (non-hydrogen) atoms. The average molecular weight is 232 g/mol. The molecule has 0 fully saturated rings. The molecule has 0 aliphatic heterocycles. The zero-order valence-electron chi connectivity index (χ0n) is 9.56. The van der Waals surface area contributed by atoms with Gasteiger partial charge < -0.3 is 8.83 Å². The SMILES string of the molecule is Cc1cc(C(=O)N/N=C/c2ccco2)c(C)o1. The fourth-order valence-electron chi connectivity index (χ4n) is 1.44. The Hall–Kier alpha value is -2.30. The first-order valence-corrected chi connectivity index (χ1v) is 5.11. The van der Waals surface area contributed by atoms with E-state index in [2.05, 4.69) is 10.5 Å². The fraction of sp³-hybridized carbons (Fsp3) is 0.167. The van der Waals surface area contributed by atoms with Crippen LogP contribution in [0.2, 0.25) is 0 Å². The summed E-state index contributed by atoms with van der Waals surface area (Å²) in [5, 5.41) is 3.78. The van der Waals surface area contributed by atoms with Crippen LogP contribution in [0, 0.1) is 13.8 Å². The van der Waals surface area contributed by atoms with E-state index in [4.69, 9.17) is 8.83 Å². The maximum absolute atomic E-state index is 11.7. The Morgan fingerprint density at radius 3 is 2.88 bits per heavy atom. The van der Waals surface area contributed by atoms with Gasteiger partial charge in [-0.05, 0) is 32.0 Å². The lowest BCUT2D eigenvalue weighted by Gasteiger charge is -1.95. The van der Waals surface area contributed by atoms with Crippen LogP contribution in [0.3, 0.4) is 0 Å². The highest BCUT2D eigenvalue weighted by atomic mass is 16.3. The molecule has 0 radical (unpaired) electrons. The lowest BCUT2D eigenvalue weighted by atomic mass is 10.2. The number of carbonyl (C=O) groups is 1. The minimum absolute atomic E-state index is 0.304. The number of carbonyl (C=O) groups excluding carboxylic acids is 1. The van der Waals surface area contributed by atoms with Crippen molar-refractivity contribution in [2.45, 2.75) is 13.8 Å². The number of rotatable bonds is 3. The minimum Gasteiger partial charge on any atom is -0.466 e. The number of hydrazone groups is 1. The number of aryl methyl sites for hydroxylation is 2. The van der Waals surface area contributed by atoms with Gasteiger partial charge in [-0.1, -0.05) is 0 Å². The van der Waals surface area contributed by atoms with Crippen molar-refractivity contribution in [3.05, 3.63) is 47.3 Å². The van der Waals surface area contributed by atoms with E-state index in [1.54, 1.807) is 32.0 Å². The van der Waals surface area contributed by atoms with Crippen LogP contribution in [0.15, 0.2) is 38.4 Å². The lowest BCUT2D eigenvalue weighted by molar-refractivity contribution is 0.0953. The van der Waals surface area contributed by atoms with Crippen molar-refractivity contribution in [2.24, 2.45) is 5.10 Å². The number of nitrogens with one attached hydrogen (secondary N) is 1. The van der Waals surface area contributed by atoms with Crippen LogP contribution < -0.4 is 5.43 Å². The summed E-state index contributed by atoms with van der Waals surface area (Å²) in [7, 11) is 0. The maximum atomic E-state index is 11.7. The highest BCUT2D eigenvalue weighted by Gasteiger charge is 2.12. The zero-order chi connectivity index (χ0) is 12.3. The summed E-state index contributed by atoms with van der Waals surface area (Å²) < 4.78 is 10.3. The third-order valence-corrected chi connectivity index (χ3v) is 2.19. The summed E-state index contributed by atoms with van der Waals surface area (Å²) in [6.07, 6.45) is 2.97. The van der Waals surface area contributed by atoms with E-state index in [0.29, 0.717) is 22.8 Å². The van der Waals surface area contributed by atoms with Crippen molar-refractivity contribution < 1.29 is 13.6 Å². The number of nitrogens with zero attached hydrogens (tertiary/aromatic N) is 1. The molecule has 1 amide bonds. The van der Waals surface area contributed by atoms with E-state index < -0.39 is 0 Å². The van der Waals surface area contributed by atoms with Crippen molar-refractivity contribution in [1.82, 2.24) is 5.43 Å². The number of amides is 1. The summed E-state index contributed by atoms with van der Waals surface area (Å²) in [6, 6.07) is 5.16. The van der Waals surface area contributed by atoms with Crippen LogP contribution in [0.5, 0.6) is 0 Å². The second-order valence-corrected chi connectivity index (χ2v) is 3.54. The molecule has 88 valence electrons. The standard InChI is InChI=1S/C12H12N2O3/c1-8-6-11(9(2)17-8)12(15)14-13-7-10-4-3-5-16-10/h3-7H,1-2H3,(H,14,15)/b13-7+. The first-order valence-electron chi connectivity index (χ1n) is 5.11. The molecule has 5 heteroatoms. The van der Waals surface area contributed by atoms with E-state index in [1.807, 2.05) is 0 Å². The molecule has 0 saturated heterocycles. The molecule has 0 unspecified atom stereocenters. The Kier molecular flexibility index (Phi) is 3.09. The van der Waals surface area contributed by atoms with Crippen LogP contribution in [-0.4, -0.2) is 12.1 Å². The van der Waals surface area contributed by atoms with Crippen molar-refractivity contribution in [1.29, 1.82) is 0 Å². The highest BCUT2D eigenvalue weighted by Crippen LogP contribution is 2.13. The minimum atomic E-state index is -0.304. The van der Waals surface area contributed by atoms with Crippen LogP contribution >= 0.6 is 0 Å². The number of hydrogen-bond donors (Lipinski definition) is 1. The highest BCUT2D eigenvalue weighted by molar-refractivity contribution is 5.95. The Bertz CT molecular complexity index is 538. The Morgan fingerprint density at radius 2 is 2.29 bits per heavy atom. The number of furan rings is 2. The fourth-order valence-corrected chi connectivity index (χ4v) is 1.44. The van der Waals surface area contributed by atoms with Gasteiger partial charge in [-0.25, -0.2) is 5.43 Å². The molecule has 0 saturated carbocycles. The van der Waals surface area contributed by atoms with Crippen LogP contribution in [0.1, 0.15) is 27.6 Å². The molecule has 2 rings (SSSR count). The van der Waals surface area contributed by atoms with Gasteiger partial charge in [0.15, 0.2) is 0 Å². The van der Waals surface area contributed by atoms with Crippen molar-refractivity contribution >= 4 is 12.1 Å². The molecule has 0 aromatic carbocycles. The predicted octanol–water partition coefficient (Wildman–Crippen LogP) is 2.25. The quantitative estimate of drug-likeness (QED) is 0.651. The Morgan fingerprint density at radius 1 is 1.47 bits per heavy atom. The molecule has 0 spiro atoms. The molecule has 0 aliphatic carbocycles. The molecule has 2 heterocycles. The molecular weight excluding hydrogens is 220 g/mol. The van der Waals surface area contributed by atoms with Gasteiger partial charge in [0.05, 0.1) is 18.0 Å². The molecule has 1 N–H and O–H groups in total. The van der Waals surface area contributed by atoms with Gasteiger partial charge in [-0.15, -0.1) is 0 Å². The normalized spacial score (nSPS) is 10.9. The molecule has 5 nitrogen and oxygen atoms in total. The third-order valence-electron chi connectivity index (χ3n) is 2.19. The number of hydrogen-bond acceptors (Lipinski definition) is 4. The van der Waals surface area contributed by atoms with Gasteiger partial charge >= 0.3 is 0 Å². The predicted molar refractivity (Wildman–Crippen MR) is 62.0 cm³/mol. The van der Waals surface area contributed by atoms with Crippen LogP contribution in [-0.2, 0) is 0 Å². The van der Waals surface area contributed by atoms with Gasteiger partial charge in [0, 0.05) is 0 Å². The third kappa shape index (κ3) is 2.63. The second kappa shape index (κ2) is 4.69. The van der Waals surface area contributed by atoms with Crippen LogP contribution in [0.4, 0.5) is 0 Å². The zero-order valence-corrected chi connectivity index (χ0v) is 9.56. The van der Waals surface area contributed by atoms with Crippen LogP contribution in [0.25, 0.3) is 0 Å². The molecule has 0 bridgehead atoms. The topological polar surface area (TPSA) is 67.7 Å². The van der Waals surface area contributed by atoms with Crippen molar-refractivity contribution in [3.8, 4) is 0 Å². The van der Waals surface area contributed by atoms with Crippen molar-refractivity contribution in [3.63, 3.8) is 0 Å². The van der Waals surface area contributed by atoms with Gasteiger partial charge in [0.25, 0.3) is 5.91 Å². The smallest absolute Gasteiger partial charge is 0.274 e. The van der Waals surface area contributed by atoms with Gasteiger partial charge in [0.2, 0.25) is 0 Å². The lowest BCUT2D eigenvalue weighted by Crippen LogP contribution is -2.17. The van der Waals surface area contributed by atoms with Crippen molar-refractivity contribution in [2.75, 3.05) is 0 Å². The monoisotopic (exact) mass is 232 g/mol. The van der Waals surface area contributed by atoms with E-state index in [1.165, 1.54) is 12.5 Å². The summed E-state index contributed by atoms with van der Waals surface area (Å²) in [6.45, 7) is 3.52. The largest absolute Gasteiger partial charge is 0.466 e. The van der Waals surface area contributed by atoms with E-state index >= 15 is 0 Å². The van der Waals surface area contributed by atoms with E-state index in [-0.39, 0.29) is 5.91 Å². The molecule has 2 aromatic rings. The summed E-state index contributed by atoms with van der Waals surface area (Å²) in [5.74, 6) is 1.54. The van der Waals surface area contributed by atoms with Gasteiger partial charge in [-0.3, -0.25) is 4.79 Å². The van der Waals surface area contributed by atoms with E-state index in [0.717, 1.165) is 0 Å². The van der Waals surface area contributed by atoms with Gasteiger partial charge in [-0.2, -0.15) is 5.10 Å². The Labute approximate surface area is 98.1 Å². The first-order chi connectivity index (χ1) is 8.16. The first kappa shape index (κ1) is 11.2.